The van der Waals surface area contributed by atoms with Gasteiger partial charge in [0.25, 0.3) is 0 Å². The van der Waals surface area contributed by atoms with E-state index in [0.29, 0.717) is 5.56 Å². The molecule has 0 spiro atoms. The van der Waals surface area contributed by atoms with Gasteiger partial charge in [0, 0.05) is 0 Å². The Morgan fingerprint density at radius 3 is 2.72 bits per heavy atom. The van der Waals surface area contributed by atoms with Gasteiger partial charge in [0.15, 0.2) is 6.10 Å². The lowest BCUT2D eigenvalue weighted by Crippen LogP contribution is -2.38. The Hall–Kier alpha value is -2.15. The van der Waals surface area contributed by atoms with Crippen LogP contribution in [0.3, 0.4) is 0 Å². The van der Waals surface area contributed by atoms with Crippen LogP contribution in [0.1, 0.15) is 5.56 Å². The number of aliphatic carboxylic acids is 1. The van der Waals surface area contributed by atoms with Crippen LogP contribution >= 0.6 is 0 Å². The average Bonchev–Trinajstić information content (AvgIpc) is 2.32. The summed E-state index contributed by atoms with van der Waals surface area (Å²) in [4.78, 5) is 21.6. The van der Waals surface area contributed by atoms with E-state index in [-0.39, 0.29) is 5.69 Å². The number of anilines is 1. The second-order valence-electron chi connectivity index (χ2n) is 3.63. The van der Waals surface area contributed by atoms with Crippen LogP contribution in [0, 0.1) is 12.7 Å². The molecule has 1 aromatic carbocycles. The van der Waals surface area contributed by atoms with Crippen LogP contribution in [0.5, 0.6) is 0 Å². The topological polar surface area (TPSA) is 98.7 Å². The zero-order valence-electron chi connectivity index (χ0n) is 9.61. The molecule has 0 aliphatic rings. The quantitative estimate of drug-likeness (QED) is 0.637. The Morgan fingerprint density at radius 2 is 2.11 bits per heavy atom. The van der Waals surface area contributed by atoms with Gasteiger partial charge < -0.3 is 20.8 Å². The summed E-state index contributed by atoms with van der Waals surface area (Å²) < 4.78 is 13.5. The third kappa shape index (κ3) is 3.70. The van der Waals surface area contributed by atoms with E-state index >= 15 is 0 Å². The minimum absolute atomic E-state index is 0.0164. The first-order chi connectivity index (χ1) is 8.41. The maximum atomic E-state index is 13.5. The smallest absolute Gasteiger partial charge is 0.334 e. The van der Waals surface area contributed by atoms with E-state index in [2.05, 4.69) is 10.6 Å². The first-order valence-electron chi connectivity index (χ1n) is 5.12. The van der Waals surface area contributed by atoms with Crippen molar-refractivity contribution in [1.82, 2.24) is 5.32 Å². The van der Waals surface area contributed by atoms with Gasteiger partial charge in [-0.3, -0.25) is 0 Å². The standard InChI is InChI=1S/C11H13FN2O4/c1-6-3-2-4-7(9(6)12)14-11(18)13-5-8(15)10(16)17/h2-4,8,15H,5H2,1H3,(H,16,17)(H2,13,14,18)/t8-/m0/s1. The van der Waals surface area contributed by atoms with E-state index < -0.39 is 30.5 Å². The van der Waals surface area contributed by atoms with Crippen LogP contribution in [-0.2, 0) is 4.79 Å². The van der Waals surface area contributed by atoms with E-state index in [1.165, 1.54) is 6.07 Å². The first-order valence-corrected chi connectivity index (χ1v) is 5.12. The summed E-state index contributed by atoms with van der Waals surface area (Å²) in [5, 5.41) is 21.6. The monoisotopic (exact) mass is 256 g/mol. The Labute approximate surface area is 102 Å². The van der Waals surface area contributed by atoms with E-state index in [1.54, 1.807) is 19.1 Å². The molecular weight excluding hydrogens is 243 g/mol. The minimum atomic E-state index is -1.70. The number of carboxylic acid groups (broad SMARTS) is 1. The number of carbonyl (C=O) groups is 2. The number of hydrogen-bond donors (Lipinski definition) is 4. The van der Waals surface area contributed by atoms with Crippen molar-refractivity contribution in [1.29, 1.82) is 0 Å². The van der Waals surface area contributed by atoms with Crippen LogP contribution in [0.15, 0.2) is 18.2 Å². The molecule has 18 heavy (non-hydrogen) atoms. The normalized spacial score (nSPS) is 11.7. The number of halogens is 1. The third-order valence-electron chi connectivity index (χ3n) is 2.18. The molecule has 0 heterocycles. The first kappa shape index (κ1) is 13.9. The predicted octanol–water partition coefficient (Wildman–Crippen LogP) is 0.701. The number of aliphatic hydroxyl groups excluding tert-OH is 1. The predicted molar refractivity (Wildman–Crippen MR) is 61.8 cm³/mol. The molecule has 0 bridgehead atoms. The lowest BCUT2D eigenvalue weighted by molar-refractivity contribution is -0.146. The number of aryl methyl sites for hydroxylation is 1. The number of nitrogens with one attached hydrogen (secondary N) is 2. The Morgan fingerprint density at radius 1 is 1.44 bits per heavy atom. The Bertz CT molecular complexity index is 464. The van der Waals surface area contributed by atoms with E-state index in [4.69, 9.17) is 10.2 Å². The molecule has 0 aliphatic carbocycles. The molecule has 6 nitrogen and oxygen atoms in total. The molecule has 98 valence electrons. The highest BCUT2D eigenvalue weighted by atomic mass is 19.1. The highest BCUT2D eigenvalue weighted by Crippen LogP contribution is 2.16. The van der Waals surface area contributed by atoms with E-state index in [1.807, 2.05) is 0 Å². The van der Waals surface area contributed by atoms with Crippen LogP contribution in [-0.4, -0.2) is 34.9 Å². The van der Waals surface area contributed by atoms with Crippen molar-refractivity contribution in [3.63, 3.8) is 0 Å². The van der Waals surface area contributed by atoms with Crippen molar-refractivity contribution < 1.29 is 24.2 Å². The van der Waals surface area contributed by atoms with Crippen molar-refractivity contribution in [3.05, 3.63) is 29.6 Å². The zero-order valence-corrected chi connectivity index (χ0v) is 9.61. The summed E-state index contributed by atoms with van der Waals surface area (Å²) in [5.41, 5.74) is 0.357. The average molecular weight is 256 g/mol. The molecule has 1 aromatic rings. The van der Waals surface area contributed by atoms with Gasteiger partial charge in [-0.05, 0) is 18.6 Å². The molecule has 0 fully saturated rings. The maximum Gasteiger partial charge on any atom is 0.334 e. The summed E-state index contributed by atoms with van der Waals surface area (Å²) in [6.07, 6.45) is -1.70. The number of benzene rings is 1. The lowest BCUT2D eigenvalue weighted by Gasteiger charge is -2.10. The maximum absolute atomic E-state index is 13.5. The fourth-order valence-corrected chi connectivity index (χ4v) is 1.19. The van der Waals surface area contributed by atoms with Gasteiger partial charge in [-0.25, -0.2) is 14.0 Å². The van der Waals surface area contributed by atoms with Gasteiger partial charge in [-0.2, -0.15) is 0 Å². The number of amides is 2. The van der Waals surface area contributed by atoms with Gasteiger partial charge in [-0.1, -0.05) is 12.1 Å². The van der Waals surface area contributed by atoms with Gasteiger partial charge in [0.1, 0.15) is 5.82 Å². The number of aliphatic hydroxyl groups is 1. The molecule has 0 unspecified atom stereocenters. The molecule has 0 radical (unpaired) electrons. The van der Waals surface area contributed by atoms with Crippen LogP contribution in [0.4, 0.5) is 14.9 Å². The fourth-order valence-electron chi connectivity index (χ4n) is 1.19. The molecule has 0 saturated carbocycles. The fraction of sp³-hybridized carbons (Fsp3) is 0.273. The molecule has 1 atom stereocenters. The summed E-state index contributed by atoms with van der Waals surface area (Å²) >= 11 is 0. The van der Waals surface area contributed by atoms with Gasteiger partial charge in [0.2, 0.25) is 0 Å². The summed E-state index contributed by atoms with van der Waals surface area (Å²) in [7, 11) is 0. The summed E-state index contributed by atoms with van der Waals surface area (Å²) in [6.45, 7) is 1.08. The van der Waals surface area contributed by atoms with Gasteiger partial charge >= 0.3 is 12.0 Å². The Kier molecular flexibility index (Phi) is 4.61. The summed E-state index contributed by atoms with van der Waals surface area (Å²) in [6, 6.07) is 3.70. The molecule has 1 rings (SSSR count). The molecular formula is C11H13FN2O4. The molecule has 2 amide bonds. The number of urea groups is 1. The third-order valence-corrected chi connectivity index (χ3v) is 2.18. The number of carboxylic acids is 1. The molecule has 0 aliphatic heterocycles. The lowest BCUT2D eigenvalue weighted by atomic mass is 10.2. The SMILES string of the molecule is Cc1cccc(NC(=O)NC[C@H](O)C(=O)O)c1F. The second-order valence-corrected chi connectivity index (χ2v) is 3.63. The van der Waals surface area contributed by atoms with Crippen molar-refractivity contribution >= 4 is 17.7 Å². The van der Waals surface area contributed by atoms with Gasteiger partial charge in [0.05, 0.1) is 12.2 Å². The highest BCUT2D eigenvalue weighted by molar-refractivity contribution is 5.89. The number of carbonyl (C=O) groups excluding carboxylic acids is 1. The van der Waals surface area contributed by atoms with Crippen molar-refractivity contribution in [3.8, 4) is 0 Å². The van der Waals surface area contributed by atoms with Crippen molar-refractivity contribution in [2.75, 3.05) is 11.9 Å². The minimum Gasteiger partial charge on any atom is -0.479 e. The van der Waals surface area contributed by atoms with Crippen LogP contribution in [0.2, 0.25) is 0 Å². The summed E-state index contributed by atoms with van der Waals surface area (Å²) in [5.74, 6) is -2.01. The molecule has 7 heteroatoms. The number of rotatable bonds is 4. The molecule has 0 aromatic heterocycles. The molecule has 4 N–H and O–H groups in total. The van der Waals surface area contributed by atoms with Gasteiger partial charge in [-0.15, -0.1) is 0 Å². The van der Waals surface area contributed by atoms with Crippen LogP contribution in [0.25, 0.3) is 0 Å². The highest BCUT2D eigenvalue weighted by Gasteiger charge is 2.14. The van der Waals surface area contributed by atoms with Crippen LogP contribution < -0.4 is 10.6 Å². The second kappa shape index (κ2) is 5.97. The van der Waals surface area contributed by atoms with E-state index in [9.17, 15) is 14.0 Å². The van der Waals surface area contributed by atoms with Crippen molar-refractivity contribution in [2.45, 2.75) is 13.0 Å². The van der Waals surface area contributed by atoms with E-state index in [0.717, 1.165) is 0 Å². The Balaban J connectivity index is 2.55. The largest absolute Gasteiger partial charge is 0.479 e. The molecule has 0 saturated heterocycles. The number of hydrogen-bond acceptors (Lipinski definition) is 3. The zero-order chi connectivity index (χ0) is 13.7. The van der Waals surface area contributed by atoms with Crippen molar-refractivity contribution in [2.24, 2.45) is 0 Å².